The van der Waals surface area contributed by atoms with Crippen molar-refractivity contribution in [3.63, 3.8) is 0 Å². The van der Waals surface area contributed by atoms with Gasteiger partial charge in [0.1, 0.15) is 0 Å². The Morgan fingerprint density at radius 1 is 1.03 bits per heavy atom. The fourth-order valence-corrected chi connectivity index (χ4v) is 7.12. The Hall–Kier alpha value is -2.04. The van der Waals surface area contributed by atoms with Crippen LogP contribution in [0.15, 0.2) is 48.2 Å². The minimum Gasteiger partial charge on any atom is -0.344 e. The number of nitrogens with zero attached hydrogens (tertiary/aromatic N) is 3. The topological polar surface area (TPSA) is 28.5 Å². The predicted molar refractivity (Wildman–Crippen MR) is 129 cm³/mol. The second-order valence-corrected chi connectivity index (χ2v) is 10.6. The van der Waals surface area contributed by atoms with Crippen LogP contribution in [0.2, 0.25) is 5.02 Å². The zero-order valence-corrected chi connectivity index (χ0v) is 19.4. The molecule has 4 aliphatic heterocycles. The highest BCUT2D eigenvalue weighted by Gasteiger charge is 2.51. The Kier molecular flexibility index (Phi) is 5.39. The summed E-state index contributed by atoms with van der Waals surface area (Å²) in [5.41, 5.74) is 3.30. The molecule has 0 spiro atoms. The van der Waals surface area contributed by atoms with E-state index in [0.717, 1.165) is 48.3 Å². The minimum atomic E-state index is 0.293. The van der Waals surface area contributed by atoms with Gasteiger partial charge in [-0.15, -0.1) is 0 Å². The maximum Gasteiger partial charge on any atom is 0.250 e. The van der Waals surface area contributed by atoms with Crippen LogP contribution in [0, 0.1) is 11.8 Å². The normalized spacial score (nSPS) is 31.5. The third kappa shape index (κ3) is 3.62. The number of piperidine rings is 4. The molecule has 4 saturated heterocycles. The molecule has 4 fully saturated rings. The number of carbonyl (C=O) groups is 1. The first-order valence-corrected chi connectivity index (χ1v) is 12.7. The number of rotatable bonds is 3. The summed E-state index contributed by atoms with van der Waals surface area (Å²) in [5.74, 6) is 1.64. The standard InChI is InChI=1S/C27H32ClN3O/c28-22-10-7-19(8-11-22)17-30-15-2-5-23(30)16-20-9-12-25-24-6-3-14-29-13-1-4-21(26(24)29)18-31(25)27(20)32/h2,5,7-8,10-11,15-16,21,24-26H,1,3-4,6,9,12-14,17-18H2/b20-16+/t21-,24+,25+,26-/m0/s1. The monoisotopic (exact) mass is 449 g/mol. The fourth-order valence-electron chi connectivity index (χ4n) is 6.99. The molecule has 2 aromatic rings. The number of hydrogen-bond acceptors (Lipinski definition) is 2. The summed E-state index contributed by atoms with van der Waals surface area (Å²) in [6, 6.07) is 13.4. The molecule has 6 rings (SSSR count). The van der Waals surface area contributed by atoms with Gasteiger partial charge in [0.15, 0.2) is 0 Å². The summed E-state index contributed by atoms with van der Waals surface area (Å²) in [7, 11) is 0. The molecule has 1 aromatic heterocycles. The first kappa shape index (κ1) is 20.6. The molecule has 168 valence electrons. The van der Waals surface area contributed by atoms with Gasteiger partial charge in [0.05, 0.1) is 0 Å². The number of aromatic nitrogens is 1. The first-order valence-electron chi connectivity index (χ1n) is 12.3. The predicted octanol–water partition coefficient (Wildman–Crippen LogP) is 5.07. The quantitative estimate of drug-likeness (QED) is 0.612. The van der Waals surface area contributed by atoms with Gasteiger partial charge in [0.2, 0.25) is 5.91 Å². The Balaban J connectivity index is 1.23. The number of amides is 1. The molecule has 0 N–H and O–H groups in total. The van der Waals surface area contributed by atoms with Gasteiger partial charge in [-0.1, -0.05) is 23.7 Å². The minimum absolute atomic E-state index is 0.293. The first-order chi connectivity index (χ1) is 15.7. The van der Waals surface area contributed by atoms with E-state index in [4.69, 9.17) is 11.6 Å². The van der Waals surface area contributed by atoms with E-state index >= 15 is 0 Å². The molecule has 4 aliphatic rings. The molecule has 1 amide bonds. The van der Waals surface area contributed by atoms with Crippen molar-refractivity contribution in [1.29, 1.82) is 0 Å². The summed E-state index contributed by atoms with van der Waals surface area (Å²) in [6.07, 6.45) is 11.5. The molecule has 0 radical (unpaired) electrons. The van der Waals surface area contributed by atoms with Crippen LogP contribution in [0.5, 0.6) is 0 Å². The number of benzene rings is 1. The van der Waals surface area contributed by atoms with Crippen LogP contribution in [0.4, 0.5) is 0 Å². The summed E-state index contributed by atoms with van der Waals surface area (Å²) < 4.78 is 2.22. The van der Waals surface area contributed by atoms with Gasteiger partial charge in [0, 0.05) is 47.7 Å². The average molecular weight is 450 g/mol. The summed E-state index contributed by atoms with van der Waals surface area (Å²) >= 11 is 6.04. The van der Waals surface area contributed by atoms with Crippen molar-refractivity contribution >= 4 is 23.6 Å². The number of halogens is 1. The third-order valence-corrected chi connectivity index (χ3v) is 8.62. The maximum atomic E-state index is 13.6. The molecule has 0 unspecified atom stereocenters. The van der Waals surface area contributed by atoms with E-state index < -0.39 is 0 Å². The summed E-state index contributed by atoms with van der Waals surface area (Å²) in [4.78, 5) is 18.7. The van der Waals surface area contributed by atoms with Crippen LogP contribution in [-0.4, -0.2) is 52.0 Å². The van der Waals surface area contributed by atoms with Gasteiger partial charge in [-0.25, -0.2) is 0 Å². The van der Waals surface area contributed by atoms with E-state index in [1.165, 1.54) is 44.3 Å². The van der Waals surface area contributed by atoms with Crippen molar-refractivity contribution in [3.05, 3.63) is 64.4 Å². The fraction of sp³-hybridized carbons (Fsp3) is 0.519. The maximum absolute atomic E-state index is 13.6. The Labute approximate surface area is 195 Å². The molecule has 4 nitrogen and oxygen atoms in total. The smallest absolute Gasteiger partial charge is 0.250 e. The Morgan fingerprint density at radius 2 is 1.84 bits per heavy atom. The van der Waals surface area contributed by atoms with Gasteiger partial charge in [-0.3, -0.25) is 9.69 Å². The molecular formula is C27H32ClN3O. The number of fused-ring (bicyclic) bond motifs is 2. The lowest BCUT2D eigenvalue weighted by Crippen LogP contribution is -2.66. The van der Waals surface area contributed by atoms with E-state index in [9.17, 15) is 4.79 Å². The zero-order chi connectivity index (χ0) is 21.7. The Morgan fingerprint density at radius 3 is 2.69 bits per heavy atom. The van der Waals surface area contributed by atoms with Crippen LogP contribution < -0.4 is 0 Å². The lowest BCUT2D eigenvalue weighted by Gasteiger charge is -2.58. The lowest BCUT2D eigenvalue weighted by atomic mass is 9.67. The van der Waals surface area contributed by atoms with Crippen molar-refractivity contribution in [1.82, 2.24) is 14.4 Å². The summed E-state index contributed by atoms with van der Waals surface area (Å²) in [6.45, 7) is 4.29. The molecule has 0 bridgehead atoms. The van der Waals surface area contributed by atoms with Crippen molar-refractivity contribution in [2.45, 2.75) is 57.2 Å². The van der Waals surface area contributed by atoms with Gasteiger partial charge < -0.3 is 9.47 Å². The van der Waals surface area contributed by atoms with Gasteiger partial charge in [-0.2, -0.15) is 0 Å². The SMILES string of the molecule is O=C1/C(=C/c2cccn2Cc2ccc(Cl)cc2)CC[C@@H]2[C@H]3CCCN4CCC[C@@H](CN12)[C@@H]34. The molecule has 4 atom stereocenters. The molecular weight excluding hydrogens is 418 g/mol. The van der Waals surface area contributed by atoms with Crippen LogP contribution >= 0.6 is 11.6 Å². The molecule has 0 saturated carbocycles. The zero-order valence-electron chi connectivity index (χ0n) is 18.6. The summed E-state index contributed by atoms with van der Waals surface area (Å²) in [5, 5.41) is 0.758. The van der Waals surface area contributed by atoms with Gasteiger partial charge in [-0.05, 0) is 99.4 Å². The van der Waals surface area contributed by atoms with Gasteiger partial charge >= 0.3 is 0 Å². The average Bonchev–Trinajstić information content (AvgIpc) is 3.24. The highest BCUT2D eigenvalue weighted by molar-refractivity contribution is 6.30. The molecule has 0 aliphatic carbocycles. The van der Waals surface area contributed by atoms with E-state index in [-0.39, 0.29) is 0 Å². The molecule has 5 heterocycles. The Bertz CT molecular complexity index is 1020. The van der Waals surface area contributed by atoms with Crippen LogP contribution in [0.1, 0.15) is 49.8 Å². The highest BCUT2D eigenvalue weighted by atomic mass is 35.5. The van der Waals surface area contributed by atoms with Crippen LogP contribution in [0.3, 0.4) is 0 Å². The van der Waals surface area contributed by atoms with Crippen LogP contribution in [0.25, 0.3) is 6.08 Å². The second kappa shape index (κ2) is 8.39. The molecule has 1 aromatic carbocycles. The second-order valence-electron chi connectivity index (χ2n) is 10.2. The number of hydrogen-bond donors (Lipinski definition) is 0. The van der Waals surface area contributed by atoms with Crippen molar-refractivity contribution in [3.8, 4) is 0 Å². The number of carbonyl (C=O) groups excluding carboxylic acids is 1. The van der Waals surface area contributed by atoms with Crippen molar-refractivity contribution < 1.29 is 4.79 Å². The van der Waals surface area contributed by atoms with E-state index in [1.54, 1.807) is 0 Å². The highest BCUT2D eigenvalue weighted by Crippen LogP contribution is 2.45. The lowest BCUT2D eigenvalue weighted by molar-refractivity contribution is -0.145. The van der Waals surface area contributed by atoms with Crippen LogP contribution in [-0.2, 0) is 11.3 Å². The van der Waals surface area contributed by atoms with E-state index in [2.05, 4.69) is 50.9 Å². The van der Waals surface area contributed by atoms with Gasteiger partial charge in [0.25, 0.3) is 0 Å². The molecule has 5 heteroatoms. The van der Waals surface area contributed by atoms with E-state index in [1.807, 2.05) is 12.1 Å². The molecule has 32 heavy (non-hydrogen) atoms. The third-order valence-electron chi connectivity index (χ3n) is 8.37. The van der Waals surface area contributed by atoms with E-state index in [0.29, 0.717) is 23.8 Å². The largest absolute Gasteiger partial charge is 0.344 e. The van der Waals surface area contributed by atoms with Crippen molar-refractivity contribution in [2.75, 3.05) is 19.6 Å². The van der Waals surface area contributed by atoms with Crippen molar-refractivity contribution in [2.24, 2.45) is 11.8 Å².